The highest BCUT2D eigenvalue weighted by Gasteiger charge is 2.20. The molecule has 17 aromatic rings. The summed E-state index contributed by atoms with van der Waals surface area (Å²) in [4.78, 5) is 13.9. The molecule has 93 heavy (non-hydrogen) atoms. The van der Waals surface area contributed by atoms with Crippen LogP contribution in [0.4, 0.5) is 0 Å². The highest BCUT2D eigenvalue weighted by atomic mass is 32.2. The minimum Gasteiger partial charge on any atom is -0.489 e. The van der Waals surface area contributed by atoms with Gasteiger partial charge >= 0.3 is 5.97 Å². The maximum atomic E-state index is 13.9. The van der Waals surface area contributed by atoms with E-state index in [1.54, 1.807) is 6.07 Å². The zero-order valence-electron chi connectivity index (χ0n) is 50.2. The number of hydrogen-bond acceptors (Lipinski definition) is 5. The summed E-state index contributed by atoms with van der Waals surface area (Å²) in [5.74, 6) is -0.457. The minimum absolute atomic E-state index is 0.0381. The van der Waals surface area contributed by atoms with Gasteiger partial charge in [0.25, 0.3) is 0 Å². The predicted molar refractivity (Wildman–Crippen MR) is 379 cm³/mol. The van der Waals surface area contributed by atoms with Crippen molar-refractivity contribution >= 4 is 110 Å². The van der Waals surface area contributed by atoms with Gasteiger partial charge in [0.15, 0.2) is 10.7 Å². The molecule has 0 fully saturated rings. The van der Waals surface area contributed by atoms with Crippen LogP contribution in [-0.4, -0.2) is 32.7 Å². The third kappa shape index (κ3) is 9.53. The van der Waals surface area contributed by atoms with Crippen molar-refractivity contribution in [3.05, 3.63) is 326 Å². The lowest BCUT2D eigenvalue weighted by Crippen LogP contribution is -2.07. The largest absolute Gasteiger partial charge is 0.489 e. The van der Waals surface area contributed by atoms with Crippen molar-refractivity contribution in [1.82, 2.24) is 18.3 Å². The van der Waals surface area contributed by atoms with Gasteiger partial charge in [0.05, 0.1) is 54.6 Å². The number of carbonyl (C=O) groups excluding carboxylic acids is 1. The molecule has 0 unspecified atom stereocenters. The van der Waals surface area contributed by atoms with Gasteiger partial charge in [0, 0.05) is 71.4 Å². The Kier molecular flexibility index (Phi) is 13.3. The number of fused-ring (bicyclic) bond motifs is 12. The van der Waals surface area contributed by atoms with Crippen LogP contribution >= 0.6 is 0 Å². The van der Waals surface area contributed by atoms with Crippen LogP contribution in [-0.2, 0) is 33.4 Å². The van der Waals surface area contributed by atoms with Crippen molar-refractivity contribution in [3.8, 4) is 45.0 Å². The second-order valence-corrected chi connectivity index (χ2v) is 24.7. The highest BCUT2D eigenvalue weighted by Crippen LogP contribution is 2.39. The number of rotatable bonds is 14. The van der Waals surface area contributed by atoms with Crippen LogP contribution in [0.1, 0.15) is 27.0 Å². The Morgan fingerprint density at radius 1 is 0.301 bits per heavy atom. The van der Waals surface area contributed by atoms with Gasteiger partial charge in [-0.05, 0) is 161 Å². The van der Waals surface area contributed by atoms with Crippen molar-refractivity contribution in [2.24, 2.45) is 0 Å². The summed E-state index contributed by atoms with van der Waals surface area (Å²) in [7, 11) is -3.07. The van der Waals surface area contributed by atoms with Gasteiger partial charge in [-0.15, -0.1) is 0 Å². The normalized spacial score (nSPS) is 11.8. The van der Waals surface area contributed by atoms with E-state index in [-0.39, 0.29) is 29.4 Å². The summed E-state index contributed by atoms with van der Waals surface area (Å²) in [5.41, 5.74) is 19.8. The summed E-state index contributed by atoms with van der Waals surface area (Å²) in [5, 5.41) is 9.17. The molecule has 444 valence electrons. The minimum atomic E-state index is -3.07. The fraction of sp³-hybridized carbons (Fsp3) is 0.0241. The number of ether oxygens (including phenoxy) is 2. The Labute approximate surface area is 536 Å². The van der Waals surface area contributed by atoms with Gasteiger partial charge in [-0.3, -0.25) is 0 Å². The Hall–Kier alpha value is -12.0. The van der Waals surface area contributed by atoms with Crippen molar-refractivity contribution in [1.29, 1.82) is 0 Å². The van der Waals surface area contributed by atoms with Gasteiger partial charge in [-0.25, -0.2) is 13.2 Å². The number of esters is 1. The molecule has 0 radical (unpaired) electrons. The summed E-state index contributed by atoms with van der Waals surface area (Å²) in [6.45, 7) is 4.31. The molecule has 0 spiro atoms. The summed E-state index contributed by atoms with van der Waals surface area (Å²) < 4.78 is 46.6. The summed E-state index contributed by atoms with van der Waals surface area (Å²) in [6.07, 6.45) is 0. The molecule has 0 aliphatic carbocycles. The third-order valence-electron chi connectivity index (χ3n) is 18.3. The molecule has 0 N–H and O–H groups in total. The van der Waals surface area contributed by atoms with Crippen LogP contribution in [0.25, 0.3) is 138 Å². The Morgan fingerprint density at radius 3 is 0.903 bits per heavy atom. The monoisotopic (exact) mass is 1220 g/mol. The van der Waals surface area contributed by atoms with Gasteiger partial charge in [-0.1, -0.05) is 176 Å². The van der Waals surface area contributed by atoms with Crippen LogP contribution in [0.3, 0.4) is 0 Å². The van der Waals surface area contributed by atoms with E-state index in [9.17, 15) is 13.2 Å². The molecule has 10 heteroatoms. The van der Waals surface area contributed by atoms with E-state index >= 15 is 0 Å². The maximum absolute atomic E-state index is 13.9. The number of nitrogens with zero attached hydrogens (tertiary/aromatic N) is 4. The molecule has 9 nitrogen and oxygen atoms in total. The number of para-hydroxylation sites is 6. The van der Waals surface area contributed by atoms with E-state index in [2.05, 4.69) is 274 Å². The number of benzene rings is 13. The first-order valence-corrected chi connectivity index (χ1v) is 32.2. The average molecular weight is 1220 g/mol. The second kappa shape index (κ2) is 22.5. The average Bonchev–Trinajstić information content (AvgIpc) is 1.80. The molecule has 0 aliphatic heterocycles. The molecule has 0 bridgehead atoms. The smallest absolute Gasteiger partial charge is 0.338 e. The maximum Gasteiger partial charge on any atom is 0.338 e. The highest BCUT2D eigenvalue weighted by molar-refractivity contribution is 7.72. The van der Waals surface area contributed by atoms with E-state index in [1.165, 1.54) is 55.7 Å². The Morgan fingerprint density at radius 2 is 0.581 bits per heavy atom. The van der Waals surface area contributed by atoms with Crippen molar-refractivity contribution in [2.75, 3.05) is 0 Å². The van der Waals surface area contributed by atoms with Crippen molar-refractivity contribution < 1.29 is 22.7 Å². The fourth-order valence-electron chi connectivity index (χ4n) is 13.9. The summed E-state index contributed by atoms with van der Waals surface area (Å²) >= 11 is 0. The van der Waals surface area contributed by atoms with Crippen LogP contribution in [0.2, 0.25) is 0 Å². The first kappa shape index (κ1) is 55.1. The van der Waals surface area contributed by atoms with Gasteiger partial charge in [0.2, 0.25) is 0 Å². The second-order valence-electron chi connectivity index (χ2n) is 23.6. The standard InChI is InChI=1S/C83H56N4O5S/c1-53(91-51-54-26-44-81-73(46-54)71-18-6-12-24-79(71)86(81)64-40-32-58(33-41-64)56-28-36-62(37-29-56)84-75-20-8-2-14-67(75)68-15-3-9-21-76(68)84)60-48-61(50-66(49-60)93(89)90)83(88)92-52-55-27-45-82-74(47-55)72-19-7-13-25-80(72)87(82)65-42-34-59(35-43-65)57-30-38-63(39-31-57)85-77-22-10-4-16-69(77)70-17-5-11-23-78(70)85/h2-50,93H,1,51-52H2. The van der Waals surface area contributed by atoms with Crippen molar-refractivity contribution in [3.63, 3.8) is 0 Å². The van der Waals surface area contributed by atoms with E-state index in [4.69, 9.17) is 9.47 Å². The zero-order valence-corrected chi connectivity index (χ0v) is 51.1. The van der Waals surface area contributed by atoms with Crippen LogP contribution in [0.15, 0.2) is 309 Å². The first-order chi connectivity index (χ1) is 45.8. The third-order valence-corrected chi connectivity index (χ3v) is 19.0. The summed E-state index contributed by atoms with van der Waals surface area (Å²) in [6, 6.07) is 103. The van der Waals surface area contributed by atoms with E-state index in [1.807, 2.05) is 30.3 Å². The predicted octanol–water partition coefficient (Wildman–Crippen LogP) is 19.9. The fourth-order valence-corrected chi connectivity index (χ4v) is 14.4. The van der Waals surface area contributed by atoms with E-state index in [0.717, 1.165) is 99.7 Å². The molecular weight excluding hydrogens is 1170 g/mol. The molecule has 4 aromatic heterocycles. The quantitative estimate of drug-likeness (QED) is 0.0666. The number of aromatic nitrogens is 4. The van der Waals surface area contributed by atoms with E-state index < -0.39 is 16.7 Å². The van der Waals surface area contributed by atoms with Gasteiger partial charge in [0.1, 0.15) is 19.0 Å². The number of thiol groups is 1. The van der Waals surface area contributed by atoms with Gasteiger partial charge in [-0.2, -0.15) is 0 Å². The lowest BCUT2D eigenvalue weighted by Gasteiger charge is -2.13. The molecule has 0 atom stereocenters. The Bertz CT molecular complexity index is 5480. The molecule has 0 amide bonds. The number of hydrogen-bond donors (Lipinski definition) is 1. The molecule has 0 saturated carbocycles. The first-order valence-electron chi connectivity index (χ1n) is 31.0. The molecule has 0 saturated heterocycles. The van der Waals surface area contributed by atoms with Gasteiger partial charge < -0.3 is 27.7 Å². The Balaban J connectivity index is 0.579. The van der Waals surface area contributed by atoms with Crippen LogP contribution < -0.4 is 0 Å². The topological polar surface area (TPSA) is 89.4 Å². The SMILES string of the molecule is C=C(OCc1ccc2c(c1)c1ccccc1n2-c1ccc(-c2ccc(-n3c4ccccc4c4ccccc43)cc2)cc1)c1cc(C(=O)OCc2ccc3c(c2)c2ccccc2n3-c2ccc(-c3ccc(-n4c5ccccc5c5ccccc54)cc3)cc2)cc([SH](=O)=O)c1. The molecule has 13 aromatic carbocycles. The molecule has 0 aliphatic rings. The number of carbonyl (C=O) groups is 1. The van der Waals surface area contributed by atoms with E-state index in [0.29, 0.717) is 5.56 Å². The lowest BCUT2D eigenvalue weighted by atomic mass is 10.0. The molecule has 17 rings (SSSR count). The van der Waals surface area contributed by atoms with Crippen LogP contribution in [0.5, 0.6) is 0 Å². The zero-order chi connectivity index (χ0) is 62.3. The lowest BCUT2D eigenvalue weighted by molar-refractivity contribution is 0.0472. The molecule has 4 heterocycles. The van der Waals surface area contributed by atoms with Crippen molar-refractivity contribution in [2.45, 2.75) is 18.1 Å². The van der Waals surface area contributed by atoms with Crippen LogP contribution in [0, 0.1) is 0 Å². The molecular formula is C83H56N4O5S.